The largest absolute Gasteiger partial charge is 0.373 e. The van der Waals surface area contributed by atoms with Crippen molar-refractivity contribution in [2.45, 2.75) is 0 Å². The van der Waals surface area contributed by atoms with E-state index in [1.165, 1.54) is 0 Å². The Morgan fingerprint density at radius 3 is 2.50 bits per heavy atom. The molecular weight excluding hydrogens is 352 g/mol. The Morgan fingerprint density at radius 2 is 1.85 bits per heavy atom. The molecule has 2 aromatic rings. The second-order valence-electron chi connectivity index (χ2n) is 5.66. The average molecular weight is 369 g/mol. The predicted molar refractivity (Wildman–Crippen MR) is 99.6 cm³/mol. The van der Waals surface area contributed by atoms with E-state index in [4.69, 9.17) is 11.6 Å². The maximum atomic E-state index is 12.3. The zero-order valence-corrected chi connectivity index (χ0v) is 14.7. The highest BCUT2D eigenvalue weighted by Gasteiger charge is 2.19. The Balaban J connectivity index is 1.62. The summed E-state index contributed by atoms with van der Waals surface area (Å²) in [5, 5.41) is 12.4. The zero-order valence-electron chi connectivity index (χ0n) is 14.0. The second kappa shape index (κ2) is 8.32. The second-order valence-corrected chi connectivity index (χ2v) is 6.07. The van der Waals surface area contributed by atoms with E-state index in [9.17, 15) is 10.1 Å². The minimum absolute atomic E-state index is 0.0364. The van der Waals surface area contributed by atoms with Crippen molar-refractivity contribution in [2.75, 3.05) is 36.4 Å². The molecule has 0 saturated carbocycles. The molecule has 26 heavy (non-hydrogen) atoms. The van der Waals surface area contributed by atoms with Crippen LogP contribution in [0.15, 0.2) is 54.5 Å². The fraction of sp³-hybridized carbons (Fsp3) is 0.222. The average Bonchev–Trinajstić information content (AvgIpc) is 2.69. The van der Waals surface area contributed by atoms with Gasteiger partial charge in [-0.25, -0.2) is 9.97 Å². The molecule has 1 aliphatic rings. The molecule has 0 unspecified atom stereocenters. The summed E-state index contributed by atoms with van der Waals surface area (Å²) in [4.78, 5) is 24.8. The molecule has 0 atom stereocenters. The van der Waals surface area contributed by atoms with Crippen molar-refractivity contribution in [2.24, 2.45) is 0 Å². The number of rotatable bonds is 4. The van der Waals surface area contributed by atoms with Crippen LogP contribution in [-0.2, 0) is 4.79 Å². The van der Waals surface area contributed by atoms with Crippen molar-refractivity contribution >= 4 is 29.1 Å². The first-order valence-corrected chi connectivity index (χ1v) is 8.49. The van der Waals surface area contributed by atoms with Gasteiger partial charge in [-0.2, -0.15) is 5.26 Å². The first-order chi connectivity index (χ1) is 12.7. The quantitative estimate of drug-likeness (QED) is 0.658. The van der Waals surface area contributed by atoms with Crippen LogP contribution in [0.2, 0.25) is 5.02 Å². The van der Waals surface area contributed by atoms with Crippen LogP contribution in [0.3, 0.4) is 0 Å². The van der Waals surface area contributed by atoms with Crippen molar-refractivity contribution in [1.29, 1.82) is 5.26 Å². The van der Waals surface area contributed by atoms with Gasteiger partial charge >= 0.3 is 0 Å². The molecule has 1 fully saturated rings. The molecule has 3 rings (SSSR count). The van der Waals surface area contributed by atoms with Crippen LogP contribution >= 0.6 is 11.6 Å². The van der Waals surface area contributed by atoms with E-state index in [-0.39, 0.29) is 5.57 Å². The Kier molecular flexibility index (Phi) is 5.66. The molecule has 1 aliphatic heterocycles. The molecule has 132 valence electrons. The van der Waals surface area contributed by atoms with Crippen molar-refractivity contribution in [3.8, 4) is 6.07 Å². The summed E-state index contributed by atoms with van der Waals surface area (Å²) in [6, 6.07) is 10.6. The maximum Gasteiger partial charge on any atom is 0.267 e. The van der Waals surface area contributed by atoms with Gasteiger partial charge in [-0.1, -0.05) is 23.7 Å². The summed E-state index contributed by atoms with van der Waals surface area (Å²) in [6.45, 7) is 2.77. The molecule has 1 aromatic carbocycles. The van der Waals surface area contributed by atoms with Crippen LogP contribution in [0, 0.1) is 11.3 Å². The third-order valence-electron chi connectivity index (χ3n) is 3.95. The SMILES string of the molecule is N#C/C(=C/N1CCN(c2ncccn2)CC1)C(=O)Nc1ccccc1Cl. The molecule has 2 heterocycles. The number of piperazine rings is 1. The molecule has 1 amide bonds. The van der Waals surface area contributed by atoms with E-state index in [0.717, 1.165) is 0 Å². The van der Waals surface area contributed by atoms with Crippen LogP contribution in [-0.4, -0.2) is 47.0 Å². The fourth-order valence-corrected chi connectivity index (χ4v) is 2.76. The number of aromatic nitrogens is 2. The van der Waals surface area contributed by atoms with Gasteiger partial charge in [0.25, 0.3) is 5.91 Å². The summed E-state index contributed by atoms with van der Waals surface area (Å²) in [7, 11) is 0. The van der Waals surface area contributed by atoms with Gasteiger partial charge in [-0.15, -0.1) is 0 Å². The summed E-state index contributed by atoms with van der Waals surface area (Å²) in [5.41, 5.74) is 0.515. The highest BCUT2D eigenvalue weighted by atomic mass is 35.5. The number of para-hydroxylation sites is 1. The molecule has 8 heteroatoms. The van der Waals surface area contributed by atoms with E-state index in [1.54, 1.807) is 48.9 Å². The van der Waals surface area contributed by atoms with Crippen molar-refractivity contribution < 1.29 is 4.79 Å². The summed E-state index contributed by atoms with van der Waals surface area (Å²) in [5.74, 6) is 0.211. The number of amides is 1. The Hall–Kier alpha value is -3.11. The molecule has 1 aromatic heterocycles. The number of hydrogen-bond acceptors (Lipinski definition) is 6. The first kappa shape index (κ1) is 17.7. The van der Waals surface area contributed by atoms with Crippen molar-refractivity contribution in [3.63, 3.8) is 0 Å². The number of nitrogens with zero attached hydrogens (tertiary/aromatic N) is 5. The number of carbonyl (C=O) groups is 1. The summed E-state index contributed by atoms with van der Waals surface area (Å²) < 4.78 is 0. The Labute approximate surface area is 156 Å². The van der Waals surface area contributed by atoms with Crippen LogP contribution in [0.25, 0.3) is 0 Å². The Morgan fingerprint density at radius 1 is 1.15 bits per heavy atom. The fourth-order valence-electron chi connectivity index (χ4n) is 2.58. The number of benzene rings is 1. The number of halogens is 1. The van der Waals surface area contributed by atoms with Crippen LogP contribution < -0.4 is 10.2 Å². The molecule has 0 aliphatic carbocycles. The van der Waals surface area contributed by atoms with Crippen LogP contribution in [0.5, 0.6) is 0 Å². The van der Waals surface area contributed by atoms with E-state index in [2.05, 4.69) is 20.2 Å². The van der Waals surface area contributed by atoms with Gasteiger partial charge in [-0.3, -0.25) is 4.79 Å². The maximum absolute atomic E-state index is 12.3. The van der Waals surface area contributed by atoms with E-state index < -0.39 is 5.91 Å². The minimum Gasteiger partial charge on any atom is -0.373 e. The zero-order chi connectivity index (χ0) is 18.4. The minimum atomic E-state index is -0.477. The number of nitrogens with one attached hydrogen (secondary N) is 1. The number of hydrogen-bond donors (Lipinski definition) is 1. The number of nitriles is 1. The predicted octanol–water partition coefficient (Wildman–Crippen LogP) is 2.30. The van der Waals surface area contributed by atoms with Gasteiger partial charge in [0.05, 0.1) is 10.7 Å². The lowest BCUT2D eigenvalue weighted by molar-refractivity contribution is -0.112. The monoisotopic (exact) mass is 368 g/mol. The summed E-state index contributed by atoms with van der Waals surface area (Å²) in [6.07, 6.45) is 5.01. The molecular formula is C18H17ClN6O. The third-order valence-corrected chi connectivity index (χ3v) is 4.28. The highest BCUT2D eigenvalue weighted by molar-refractivity contribution is 6.33. The standard InChI is InChI=1S/C18H17ClN6O/c19-15-4-1-2-5-16(15)23-17(26)14(12-20)13-24-8-10-25(11-9-24)18-21-6-3-7-22-18/h1-7,13H,8-11H2,(H,23,26)/b14-13-. The lowest BCUT2D eigenvalue weighted by Crippen LogP contribution is -2.45. The normalized spacial score (nSPS) is 14.7. The van der Waals surface area contributed by atoms with Crippen molar-refractivity contribution in [1.82, 2.24) is 14.9 Å². The van der Waals surface area contributed by atoms with Gasteiger partial charge in [-0.05, 0) is 18.2 Å². The lowest BCUT2D eigenvalue weighted by Gasteiger charge is -2.34. The molecule has 7 nitrogen and oxygen atoms in total. The molecule has 0 radical (unpaired) electrons. The van der Waals surface area contributed by atoms with E-state index in [0.29, 0.717) is 42.8 Å². The highest BCUT2D eigenvalue weighted by Crippen LogP contribution is 2.21. The molecule has 1 N–H and O–H groups in total. The van der Waals surface area contributed by atoms with Crippen molar-refractivity contribution in [3.05, 3.63) is 59.5 Å². The number of carbonyl (C=O) groups excluding carboxylic acids is 1. The van der Waals surface area contributed by atoms with E-state index in [1.807, 2.05) is 11.0 Å². The molecule has 0 bridgehead atoms. The summed E-state index contributed by atoms with van der Waals surface area (Å²) >= 11 is 6.04. The molecule has 1 saturated heterocycles. The topological polar surface area (TPSA) is 85.2 Å². The third kappa shape index (κ3) is 4.29. The Bertz CT molecular complexity index is 840. The lowest BCUT2D eigenvalue weighted by atomic mass is 10.2. The van der Waals surface area contributed by atoms with Gasteiger partial charge in [0.2, 0.25) is 5.95 Å². The smallest absolute Gasteiger partial charge is 0.267 e. The van der Waals surface area contributed by atoms with Gasteiger partial charge in [0, 0.05) is 44.8 Å². The van der Waals surface area contributed by atoms with Gasteiger partial charge in [0.1, 0.15) is 11.6 Å². The van der Waals surface area contributed by atoms with Crippen LogP contribution in [0.1, 0.15) is 0 Å². The van der Waals surface area contributed by atoms with Gasteiger partial charge < -0.3 is 15.1 Å². The van der Waals surface area contributed by atoms with Gasteiger partial charge in [0.15, 0.2) is 0 Å². The van der Waals surface area contributed by atoms with Crippen LogP contribution in [0.4, 0.5) is 11.6 Å². The number of anilines is 2. The first-order valence-electron chi connectivity index (χ1n) is 8.11. The van der Waals surface area contributed by atoms with E-state index >= 15 is 0 Å². The molecule has 0 spiro atoms.